The van der Waals surface area contributed by atoms with Gasteiger partial charge in [-0.3, -0.25) is 9.78 Å². The molecule has 1 N–H and O–H groups in total. The number of rotatable bonds is 7. The van der Waals surface area contributed by atoms with E-state index in [4.69, 9.17) is 11.6 Å². The van der Waals surface area contributed by atoms with Crippen LogP contribution in [0.25, 0.3) is 0 Å². The van der Waals surface area contributed by atoms with Gasteiger partial charge in [-0.15, -0.1) is 11.6 Å². The van der Waals surface area contributed by atoms with Gasteiger partial charge in [0.05, 0.1) is 4.90 Å². The van der Waals surface area contributed by atoms with Crippen molar-refractivity contribution in [1.82, 2.24) is 10.3 Å². The van der Waals surface area contributed by atoms with Crippen molar-refractivity contribution in [2.75, 3.05) is 12.4 Å². The number of benzene rings is 1. The van der Waals surface area contributed by atoms with Crippen LogP contribution in [0.15, 0.2) is 47.6 Å². The largest absolute Gasteiger partial charge is 0.354 e. The Morgan fingerprint density at radius 2 is 2.00 bits per heavy atom. The highest BCUT2D eigenvalue weighted by molar-refractivity contribution is 7.91. The Bertz CT molecular complexity index is 839. The molecule has 7 heteroatoms. The first kappa shape index (κ1) is 19.4. The van der Waals surface area contributed by atoms with Gasteiger partial charge in [0, 0.05) is 31.2 Å². The number of alkyl halides is 1. The van der Waals surface area contributed by atoms with Gasteiger partial charge in [0.2, 0.25) is 5.91 Å². The number of nitrogens with zero attached hydrogens (tertiary/aromatic N) is 1. The number of hydrogen-bond donors (Lipinski definition) is 1. The Labute approximate surface area is 153 Å². The number of hydrogen-bond acceptors (Lipinski definition) is 4. The maximum absolute atomic E-state index is 13.2. The normalized spacial score (nSPS) is 12.6. The predicted molar refractivity (Wildman–Crippen MR) is 98.4 cm³/mol. The third-order valence-electron chi connectivity index (χ3n) is 4.04. The summed E-state index contributed by atoms with van der Waals surface area (Å²) in [6.07, 6.45) is 3.23. The molecule has 1 heterocycles. The number of aromatic nitrogens is 1. The molecule has 1 aromatic carbocycles. The minimum absolute atomic E-state index is 0.0311. The number of nitrogens with one attached hydrogen (secondary N) is 1. The average Bonchev–Trinajstić information content (AvgIpc) is 2.58. The minimum atomic E-state index is -3.69. The van der Waals surface area contributed by atoms with E-state index in [0.29, 0.717) is 5.56 Å². The molecular formula is C18H21ClN2O3S. The van der Waals surface area contributed by atoms with E-state index < -0.39 is 15.1 Å². The van der Waals surface area contributed by atoms with E-state index in [1.165, 1.54) is 6.20 Å². The molecule has 0 aliphatic carbocycles. The van der Waals surface area contributed by atoms with Crippen molar-refractivity contribution < 1.29 is 13.2 Å². The fourth-order valence-electron chi connectivity index (χ4n) is 2.41. The molecule has 25 heavy (non-hydrogen) atoms. The highest BCUT2D eigenvalue weighted by atomic mass is 35.5. The third kappa shape index (κ3) is 4.80. The van der Waals surface area contributed by atoms with Crippen LogP contribution in [0.5, 0.6) is 0 Å². The van der Waals surface area contributed by atoms with Crippen LogP contribution in [0.4, 0.5) is 0 Å². The van der Waals surface area contributed by atoms with Crippen LogP contribution in [0, 0.1) is 13.8 Å². The summed E-state index contributed by atoms with van der Waals surface area (Å²) < 4.78 is 26.3. The van der Waals surface area contributed by atoms with E-state index in [1.54, 1.807) is 36.5 Å². The summed E-state index contributed by atoms with van der Waals surface area (Å²) in [4.78, 5) is 16.0. The van der Waals surface area contributed by atoms with Crippen LogP contribution in [0.2, 0.25) is 0 Å². The number of carbonyl (C=O) groups excluding carboxylic acids is 1. The SMILES string of the molecule is Cc1ccc(S(=O)(=O)[C@@H](CNC(=O)CCCl)c2cccnc2)cc1C. The van der Waals surface area contributed by atoms with Gasteiger partial charge in [-0.25, -0.2) is 8.42 Å². The van der Waals surface area contributed by atoms with E-state index in [0.717, 1.165) is 11.1 Å². The molecule has 0 bridgehead atoms. The summed E-state index contributed by atoms with van der Waals surface area (Å²) in [7, 11) is -3.69. The summed E-state index contributed by atoms with van der Waals surface area (Å²) in [6.45, 7) is 3.77. The summed E-state index contributed by atoms with van der Waals surface area (Å²) in [5, 5.41) is 1.74. The van der Waals surface area contributed by atoms with Crippen LogP contribution in [0.3, 0.4) is 0 Å². The van der Waals surface area contributed by atoms with Crippen LogP contribution >= 0.6 is 11.6 Å². The number of halogens is 1. The molecule has 0 aliphatic heterocycles. The second kappa shape index (κ2) is 8.45. The summed E-state index contributed by atoms with van der Waals surface area (Å²) in [6, 6.07) is 8.42. The van der Waals surface area contributed by atoms with Gasteiger partial charge in [0.1, 0.15) is 5.25 Å². The molecule has 0 unspecified atom stereocenters. The Morgan fingerprint density at radius 3 is 2.60 bits per heavy atom. The zero-order valence-electron chi connectivity index (χ0n) is 14.2. The first-order valence-electron chi connectivity index (χ1n) is 7.90. The molecule has 1 aromatic heterocycles. The lowest BCUT2D eigenvalue weighted by Gasteiger charge is -2.19. The molecule has 1 amide bonds. The van der Waals surface area contributed by atoms with E-state index >= 15 is 0 Å². The molecule has 1 atom stereocenters. The molecule has 0 aliphatic rings. The van der Waals surface area contributed by atoms with Crippen LogP contribution in [-0.2, 0) is 14.6 Å². The van der Waals surface area contributed by atoms with Gasteiger partial charge in [0.15, 0.2) is 9.84 Å². The quantitative estimate of drug-likeness (QED) is 0.749. The van der Waals surface area contributed by atoms with Gasteiger partial charge in [-0.1, -0.05) is 12.1 Å². The third-order valence-corrected chi connectivity index (χ3v) is 6.33. The maximum Gasteiger partial charge on any atom is 0.221 e. The zero-order valence-corrected chi connectivity index (χ0v) is 15.8. The lowest BCUT2D eigenvalue weighted by molar-refractivity contribution is -0.120. The first-order chi connectivity index (χ1) is 11.9. The van der Waals surface area contributed by atoms with Crippen molar-refractivity contribution in [3.8, 4) is 0 Å². The molecule has 0 spiro atoms. The molecule has 2 aromatic rings. The minimum Gasteiger partial charge on any atom is -0.354 e. The van der Waals surface area contributed by atoms with Gasteiger partial charge >= 0.3 is 0 Å². The number of sulfone groups is 1. The van der Waals surface area contributed by atoms with Gasteiger partial charge in [0.25, 0.3) is 0 Å². The lowest BCUT2D eigenvalue weighted by atomic mass is 10.1. The molecule has 0 saturated carbocycles. The predicted octanol–water partition coefficient (Wildman–Crippen LogP) is 2.96. The number of aryl methyl sites for hydroxylation is 2. The first-order valence-corrected chi connectivity index (χ1v) is 9.98. The highest BCUT2D eigenvalue weighted by Crippen LogP contribution is 2.29. The molecular weight excluding hydrogens is 360 g/mol. The van der Waals surface area contributed by atoms with E-state index in [-0.39, 0.29) is 29.6 Å². The number of carbonyl (C=O) groups is 1. The van der Waals surface area contributed by atoms with Crippen LogP contribution in [0.1, 0.15) is 28.4 Å². The standard InChI is InChI=1S/C18H21ClN2O3S/c1-13-5-6-16(10-14(13)2)25(23,24)17(12-21-18(22)7-8-19)15-4-3-9-20-11-15/h3-6,9-11,17H,7-8,12H2,1-2H3,(H,21,22)/t17-/m0/s1. The second-order valence-electron chi connectivity index (χ2n) is 5.81. The van der Waals surface area contributed by atoms with Gasteiger partial charge in [-0.05, 0) is 48.7 Å². The Morgan fingerprint density at radius 1 is 1.24 bits per heavy atom. The summed E-state index contributed by atoms with van der Waals surface area (Å²) in [5.41, 5.74) is 2.45. The van der Waals surface area contributed by atoms with E-state index in [9.17, 15) is 13.2 Å². The van der Waals surface area contributed by atoms with E-state index in [2.05, 4.69) is 10.3 Å². The van der Waals surface area contributed by atoms with Crippen molar-refractivity contribution >= 4 is 27.3 Å². The Balaban J connectivity index is 2.39. The van der Waals surface area contributed by atoms with Crippen molar-refractivity contribution in [1.29, 1.82) is 0 Å². The Hall–Kier alpha value is -1.92. The Kier molecular flexibility index (Phi) is 6.56. The molecule has 5 nitrogen and oxygen atoms in total. The summed E-state index contributed by atoms with van der Waals surface area (Å²) >= 11 is 5.56. The van der Waals surface area contributed by atoms with Crippen molar-refractivity contribution in [2.24, 2.45) is 0 Å². The molecule has 2 rings (SSSR count). The van der Waals surface area contributed by atoms with Crippen molar-refractivity contribution in [3.63, 3.8) is 0 Å². The number of amides is 1. The fourth-order valence-corrected chi connectivity index (χ4v) is 4.31. The summed E-state index contributed by atoms with van der Waals surface area (Å²) in [5.74, 6) is -0.0907. The molecule has 0 saturated heterocycles. The van der Waals surface area contributed by atoms with Gasteiger partial charge in [-0.2, -0.15) is 0 Å². The van der Waals surface area contributed by atoms with Crippen molar-refractivity contribution in [3.05, 3.63) is 59.4 Å². The molecule has 0 radical (unpaired) electrons. The van der Waals surface area contributed by atoms with Gasteiger partial charge < -0.3 is 5.32 Å². The maximum atomic E-state index is 13.2. The fraction of sp³-hybridized carbons (Fsp3) is 0.333. The smallest absolute Gasteiger partial charge is 0.221 e. The molecule has 134 valence electrons. The monoisotopic (exact) mass is 380 g/mol. The highest BCUT2D eigenvalue weighted by Gasteiger charge is 2.30. The van der Waals surface area contributed by atoms with E-state index in [1.807, 2.05) is 13.8 Å². The zero-order chi connectivity index (χ0) is 18.4. The number of pyridine rings is 1. The van der Waals surface area contributed by atoms with Crippen LogP contribution in [-0.4, -0.2) is 31.7 Å². The lowest BCUT2D eigenvalue weighted by Crippen LogP contribution is -2.32. The van der Waals surface area contributed by atoms with Crippen molar-refractivity contribution in [2.45, 2.75) is 30.4 Å². The second-order valence-corrected chi connectivity index (χ2v) is 8.32. The topological polar surface area (TPSA) is 76.1 Å². The molecule has 0 fully saturated rings. The average molecular weight is 381 g/mol. The van der Waals surface area contributed by atoms with Crippen LogP contribution < -0.4 is 5.32 Å².